The predicted octanol–water partition coefficient (Wildman–Crippen LogP) is 1.40. The molecule has 1 amide bonds. The van der Waals surface area contributed by atoms with Gasteiger partial charge in [0, 0.05) is 24.2 Å². The maximum absolute atomic E-state index is 11.8. The quantitative estimate of drug-likeness (QED) is 0.780. The highest BCUT2D eigenvalue weighted by molar-refractivity contribution is 5.95. The number of rotatable bonds is 2. The van der Waals surface area contributed by atoms with Crippen LogP contribution in [0.15, 0.2) is 59.6 Å². The van der Waals surface area contributed by atoms with Gasteiger partial charge in [-0.15, -0.1) is 0 Å². The van der Waals surface area contributed by atoms with Crippen molar-refractivity contribution in [3.63, 3.8) is 0 Å². The van der Waals surface area contributed by atoms with E-state index >= 15 is 0 Å². The lowest BCUT2D eigenvalue weighted by Crippen LogP contribution is -2.29. The first kappa shape index (κ1) is 10.2. The molecule has 2 rings (SSSR count). The summed E-state index contributed by atoms with van der Waals surface area (Å²) in [4.78, 5) is 15.7. The number of benzene rings is 1. The number of hydrogen-bond donors (Lipinski definition) is 2. The fourth-order valence-electron chi connectivity index (χ4n) is 1.25. The van der Waals surface area contributed by atoms with Crippen molar-refractivity contribution in [1.29, 1.82) is 0 Å². The summed E-state index contributed by atoms with van der Waals surface area (Å²) in [5.74, 6) is 0.453. The normalized spacial score (nSPS) is 13.6. The Morgan fingerprint density at radius 1 is 1.25 bits per heavy atom. The van der Waals surface area contributed by atoms with Gasteiger partial charge >= 0.3 is 0 Å². The number of carbonyl (C=O) groups excluding carboxylic acids is 1. The van der Waals surface area contributed by atoms with Crippen LogP contribution in [0.1, 0.15) is 10.4 Å². The molecule has 1 aromatic rings. The van der Waals surface area contributed by atoms with Crippen molar-refractivity contribution in [2.24, 2.45) is 4.99 Å². The van der Waals surface area contributed by atoms with Crippen molar-refractivity contribution in [1.82, 2.24) is 10.6 Å². The molecule has 0 unspecified atom stereocenters. The number of hydrogen-bond acceptors (Lipinski definition) is 3. The van der Waals surface area contributed by atoms with Crippen molar-refractivity contribution >= 4 is 12.1 Å². The average molecular weight is 213 g/mol. The van der Waals surface area contributed by atoms with Gasteiger partial charge in [0.1, 0.15) is 5.82 Å². The Morgan fingerprint density at radius 3 is 2.88 bits per heavy atom. The smallest absolute Gasteiger partial charge is 0.256 e. The summed E-state index contributed by atoms with van der Waals surface area (Å²) in [5, 5.41) is 5.65. The number of nitrogens with zero attached hydrogens (tertiary/aromatic N) is 1. The zero-order valence-electron chi connectivity index (χ0n) is 8.55. The first-order valence-electron chi connectivity index (χ1n) is 4.88. The van der Waals surface area contributed by atoms with Gasteiger partial charge in [-0.3, -0.25) is 9.79 Å². The highest BCUT2D eigenvalue weighted by Gasteiger charge is 2.05. The molecule has 0 atom stereocenters. The third-order valence-electron chi connectivity index (χ3n) is 2.01. The van der Waals surface area contributed by atoms with Crippen LogP contribution in [0.25, 0.3) is 0 Å². The van der Waals surface area contributed by atoms with Crippen LogP contribution in [0.5, 0.6) is 0 Å². The molecule has 0 saturated carbocycles. The molecule has 4 heteroatoms. The van der Waals surface area contributed by atoms with Crippen LogP contribution in [0.3, 0.4) is 0 Å². The Morgan fingerprint density at radius 2 is 2.06 bits per heavy atom. The van der Waals surface area contributed by atoms with Gasteiger partial charge in [-0.1, -0.05) is 18.2 Å². The van der Waals surface area contributed by atoms with E-state index in [0.717, 1.165) is 0 Å². The average Bonchev–Trinajstić information content (AvgIpc) is 2.59. The lowest BCUT2D eigenvalue weighted by atomic mass is 10.2. The van der Waals surface area contributed by atoms with Crippen molar-refractivity contribution in [3.8, 4) is 0 Å². The molecule has 0 spiro atoms. The van der Waals surface area contributed by atoms with E-state index in [0.29, 0.717) is 11.4 Å². The highest BCUT2D eigenvalue weighted by Crippen LogP contribution is 1.99. The van der Waals surface area contributed by atoms with Crippen LogP contribution in [-0.2, 0) is 0 Å². The molecular weight excluding hydrogens is 202 g/mol. The molecule has 4 nitrogen and oxygen atoms in total. The molecule has 0 bridgehead atoms. The fraction of sp³-hybridized carbons (Fsp3) is 0. The largest absolute Gasteiger partial charge is 0.347 e. The van der Waals surface area contributed by atoms with Crippen LogP contribution in [0, 0.1) is 0 Å². The maximum atomic E-state index is 11.8. The predicted molar refractivity (Wildman–Crippen MR) is 62.8 cm³/mol. The second-order valence-electron chi connectivity index (χ2n) is 3.16. The molecule has 0 radical (unpaired) electrons. The third-order valence-corrected chi connectivity index (χ3v) is 2.01. The van der Waals surface area contributed by atoms with E-state index in [1.807, 2.05) is 18.2 Å². The Kier molecular flexibility index (Phi) is 3.13. The number of aliphatic imine (C=N–C) groups is 1. The number of allylic oxidation sites excluding steroid dienone is 1. The van der Waals surface area contributed by atoms with Gasteiger partial charge in [-0.2, -0.15) is 0 Å². The van der Waals surface area contributed by atoms with Gasteiger partial charge in [-0.05, 0) is 18.2 Å². The van der Waals surface area contributed by atoms with Crippen LogP contribution in [-0.4, -0.2) is 12.1 Å². The second kappa shape index (κ2) is 4.93. The lowest BCUT2D eigenvalue weighted by Gasteiger charge is -2.07. The summed E-state index contributed by atoms with van der Waals surface area (Å²) in [6.07, 6.45) is 6.57. The number of carbonyl (C=O) groups is 1. The van der Waals surface area contributed by atoms with Gasteiger partial charge in [0.05, 0.1) is 0 Å². The SMILES string of the molecule is O=C(NC1=CC=NC=CN1)c1ccccc1. The van der Waals surface area contributed by atoms with E-state index in [4.69, 9.17) is 0 Å². The molecule has 0 aromatic heterocycles. The van der Waals surface area contributed by atoms with E-state index in [2.05, 4.69) is 15.6 Å². The molecule has 1 aliphatic rings. The topological polar surface area (TPSA) is 53.5 Å². The van der Waals surface area contributed by atoms with E-state index in [1.54, 1.807) is 36.8 Å². The van der Waals surface area contributed by atoms with Crippen molar-refractivity contribution in [3.05, 3.63) is 60.2 Å². The number of nitrogens with one attached hydrogen (secondary N) is 2. The van der Waals surface area contributed by atoms with Crippen LogP contribution in [0.2, 0.25) is 0 Å². The van der Waals surface area contributed by atoms with Gasteiger partial charge in [0.25, 0.3) is 5.91 Å². The standard InChI is InChI=1S/C12H11N3O/c16-12(10-4-2-1-3-5-10)15-11-6-7-13-8-9-14-11/h1-9,14H,(H,15,16). The Labute approximate surface area is 93.4 Å². The van der Waals surface area contributed by atoms with Gasteiger partial charge < -0.3 is 10.6 Å². The maximum Gasteiger partial charge on any atom is 0.256 e. The summed E-state index contributed by atoms with van der Waals surface area (Å²) < 4.78 is 0. The fourth-order valence-corrected chi connectivity index (χ4v) is 1.25. The molecule has 1 aliphatic heterocycles. The zero-order chi connectivity index (χ0) is 11.2. The van der Waals surface area contributed by atoms with E-state index in [1.165, 1.54) is 0 Å². The summed E-state index contributed by atoms with van der Waals surface area (Å²) in [5.41, 5.74) is 0.621. The molecule has 16 heavy (non-hydrogen) atoms. The van der Waals surface area contributed by atoms with Gasteiger partial charge in [-0.25, -0.2) is 0 Å². The summed E-state index contributed by atoms with van der Waals surface area (Å²) in [6.45, 7) is 0. The number of amides is 1. The summed E-state index contributed by atoms with van der Waals surface area (Å²) >= 11 is 0. The Bertz CT molecular complexity index is 460. The minimum Gasteiger partial charge on any atom is -0.347 e. The molecule has 0 saturated heterocycles. The van der Waals surface area contributed by atoms with Crippen molar-refractivity contribution in [2.75, 3.05) is 0 Å². The minimum atomic E-state index is -0.150. The van der Waals surface area contributed by atoms with Crippen LogP contribution in [0.4, 0.5) is 0 Å². The first-order chi connectivity index (χ1) is 7.86. The van der Waals surface area contributed by atoms with Gasteiger partial charge in [0.15, 0.2) is 0 Å². The highest BCUT2D eigenvalue weighted by atomic mass is 16.1. The molecule has 2 N–H and O–H groups in total. The summed E-state index contributed by atoms with van der Waals surface area (Å²) in [6, 6.07) is 9.04. The zero-order valence-corrected chi connectivity index (χ0v) is 8.55. The molecule has 1 heterocycles. The second-order valence-corrected chi connectivity index (χ2v) is 3.16. The van der Waals surface area contributed by atoms with Crippen LogP contribution < -0.4 is 10.6 Å². The Hall–Kier alpha value is -2.36. The molecule has 80 valence electrons. The summed E-state index contributed by atoms with van der Waals surface area (Å²) in [7, 11) is 0. The first-order valence-corrected chi connectivity index (χ1v) is 4.88. The van der Waals surface area contributed by atoms with Crippen molar-refractivity contribution < 1.29 is 4.79 Å². The van der Waals surface area contributed by atoms with E-state index in [-0.39, 0.29) is 5.91 Å². The minimum absolute atomic E-state index is 0.150. The van der Waals surface area contributed by atoms with Crippen molar-refractivity contribution in [2.45, 2.75) is 0 Å². The van der Waals surface area contributed by atoms with E-state index in [9.17, 15) is 4.79 Å². The third kappa shape index (κ3) is 2.57. The monoisotopic (exact) mass is 213 g/mol. The molecular formula is C12H11N3O. The van der Waals surface area contributed by atoms with E-state index < -0.39 is 0 Å². The van der Waals surface area contributed by atoms with Crippen LogP contribution >= 0.6 is 0 Å². The molecule has 1 aromatic carbocycles. The molecule has 0 fully saturated rings. The Balaban J connectivity index is 2.06. The molecule has 0 aliphatic carbocycles. The lowest BCUT2D eigenvalue weighted by molar-refractivity contribution is 0.0964. The van der Waals surface area contributed by atoms with Gasteiger partial charge in [0.2, 0.25) is 0 Å².